The molecule has 0 N–H and O–H groups in total. The molecule has 0 fully saturated rings. The van der Waals surface area contributed by atoms with Gasteiger partial charge >= 0.3 is 0 Å². The minimum Gasteiger partial charge on any atom is -0.139 e. The van der Waals surface area contributed by atoms with Crippen LogP contribution in [0.3, 0.4) is 0 Å². The number of nitrogens with zero attached hydrogens (tertiary/aromatic N) is 3. The van der Waals surface area contributed by atoms with Crippen molar-refractivity contribution in [3.05, 3.63) is 18.0 Å². The molecule has 0 aromatic carbocycles. The molecule has 0 amide bonds. The standard InChI is InChI=1S/C4H5N3.C2H6/c1-4-2-3-5-7-6-4;1-2/h2-3H,1H3;1-2H3. The predicted molar refractivity (Wildman–Crippen MR) is 35.9 cm³/mol. The number of aromatic nitrogens is 3. The Morgan fingerprint density at radius 3 is 2.22 bits per heavy atom. The Morgan fingerprint density at radius 2 is 2.00 bits per heavy atom. The van der Waals surface area contributed by atoms with E-state index in [4.69, 9.17) is 0 Å². The Balaban J connectivity index is 0.000000291. The lowest BCUT2D eigenvalue weighted by Crippen LogP contribution is -1.85. The molecule has 0 aliphatic rings. The van der Waals surface area contributed by atoms with Crippen LogP contribution in [-0.4, -0.2) is 15.4 Å². The van der Waals surface area contributed by atoms with Gasteiger partial charge in [0.05, 0.1) is 11.9 Å². The normalized spacial score (nSPS) is 7.44. The molecule has 1 aromatic rings. The lowest BCUT2D eigenvalue weighted by Gasteiger charge is -1.79. The maximum absolute atomic E-state index is 3.62. The third-order valence-electron chi connectivity index (χ3n) is 0.637. The molecule has 3 nitrogen and oxygen atoms in total. The minimum atomic E-state index is 0.898. The van der Waals surface area contributed by atoms with Gasteiger partial charge in [-0.2, -0.15) is 0 Å². The third kappa shape index (κ3) is 3.58. The number of hydrogen-bond donors (Lipinski definition) is 0. The summed E-state index contributed by atoms with van der Waals surface area (Å²) < 4.78 is 0. The fourth-order valence-corrected chi connectivity index (χ4v) is 0.301. The summed E-state index contributed by atoms with van der Waals surface area (Å²) in [7, 11) is 0. The average molecular weight is 125 g/mol. The summed E-state index contributed by atoms with van der Waals surface area (Å²) in [5.41, 5.74) is 0.898. The first-order valence-electron chi connectivity index (χ1n) is 3.00. The third-order valence-corrected chi connectivity index (χ3v) is 0.637. The van der Waals surface area contributed by atoms with Gasteiger partial charge in [0.15, 0.2) is 0 Å². The van der Waals surface area contributed by atoms with Crippen LogP contribution in [0.4, 0.5) is 0 Å². The Morgan fingerprint density at radius 1 is 1.33 bits per heavy atom. The van der Waals surface area contributed by atoms with E-state index in [0.29, 0.717) is 0 Å². The van der Waals surface area contributed by atoms with Crippen molar-refractivity contribution in [1.82, 2.24) is 15.4 Å². The lowest BCUT2D eigenvalue weighted by atomic mass is 10.5. The average Bonchev–Trinajstić information content (AvgIpc) is 1.94. The summed E-state index contributed by atoms with van der Waals surface area (Å²) in [5, 5.41) is 10.5. The van der Waals surface area contributed by atoms with Crippen LogP contribution >= 0.6 is 0 Å². The SMILES string of the molecule is CC.Cc1ccnnn1. The highest BCUT2D eigenvalue weighted by atomic mass is 15.3. The highest BCUT2D eigenvalue weighted by Gasteiger charge is 1.76. The van der Waals surface area contributed by atoms with Crippen LogP contribution in [0.15, 0.2) is 12.3 Å². The van der Waals surface area contributed by atoms with Gasteiger partial charge in [0.2, 0.25) is 0 Å². The van der Waals surface area contributed by atoms with E-state index in [9.17, 15) is 0 Å². The second-order valence-electron chi connectivity index (χ2n) is 1.26. The zero-order valence-corrected chi connectivity index (χ0v) is 6.00. The lowest BCUT2D eigenvalue weighted by molar-refractivity contribution is 0.839. The summed E-state index contributed by atoms with van der Waals surface area (Å²) in [6.07, 6.45) is 1.61. The van der Waals surface area contributed by atoms with Crippen molar-refractivity contribution in [3.63, 3.8) is 0 Å². The van der Waals surface area contributed by atoms with Gasteiger partial charge in [0.25, 0.3) is 0 Å². The van der Waals surface area contributed by atoms with Crippen LogP contribution in [0.5, 0.6) is 0 Å². The van der Waals surface area contributed by atoms with E-state index in [1.807, 2.05) is 20.8 Å². The summed E-state index contributed by atoms with van der Waals surface area (Å²) in [6, 6.07) is 1.80. The van der Waals surface area contributed by atoms with Crippen molar-refractivity contribution >= 4 is 0 Å². The van der Waals surface area contributed by atoms with Gasteiger partial charge < -0.3 is 0 Å². The molecular formula is C6H11N3. The molecule has 0 atom stereocenters. The van der Waals surface area contributed by atoms with Crippen LogP contribution in [0, 0.1) is 6.92 Å². The number of hydrogen-bond acceptors (Lipinski definition) is 3. The van der Waals surface area contributed by atoms with Crippen LogP contribution in [-0.2, 0) is 0 Å². The molecule has 0 aliphatic heterocycles. The monoisotopic (exact) mass is 125 g/mol. The Labute approximate surface area is 55.1 Å². The van der Waals surface area contributed by atoms with Crippen molar-refractivity contribution in [2.24, 2.45) is 0 Å². The van der Waals surface area contributed by atoms with Gasteiger partial charge in [-0.25, -0.2) is 0 Å². The first-order chi connectivity index (χ1) is 4.39. The summed E-state index contributed by atoms with van der Waals surface area (Å²) in [6.45, 7) is 5.87. The summed E-state index contributed by atoms with van der Waals surface area (Å²) in [5.74, 6) is 0. The van der Waals surface area contributed by atoms with Gasteiger partial charge in [0.1, 0.15) is 0 Å². The largest absolute Gasteiger partial charge is 0.139 e. The second-order valence-corrected chi connectivity index (χ2v) is 1.26. The van der Waals surface area contributed by atoms with E-state index in [2.05, 4.69) is 15.4 Å². The zero-order chi connectivity index (χ0) is 7.11. The minimum absolute atomic E-state index is 0.898. The van der Waals surface area contributed by atoms with Gasteiger partial charge in [0, 0.05) is 0 Å². The smallest absolute Gasteiger partial charge is 0.0633 e. The molecular weight excluding hydrogens is 114 g/mol. The zero-order valence-electron chi connectivity index (χ0n) is 6.00. The van der Waals surface area contributed by atoms with E-state index >= 15 is 0 Å². The van der Waals surface area contributed by atoms with E-state index in [1.54, 1.807) is 12.3 Å². The van der Waals surface area contributed by atoms with Crippen LogP contribution in [0.2, 0.25) is 0 Å². The van der Waals surface area contributed by atoms with Crippen LogP contribution in [0.1, 0.15) is 19.5 Å². The molecule has 0 radical (unpaired) electrons. The molecule has 0 saturated carbocycles. The fourth-order valence-electron chi connectivity index (χ4n) is 0.301. The molecule has 1 aromatic heterocycles. The molecule has 3 heteroatoms. The highest BCUT2D eigenvalue weighted by molar-refractivity contribution is 4.89. The van der Waals surface area contributed by atoms with Crippen LogP contribution < -0.4 is 0 Å². The first kappa shape index (κ1) is 8.01. The van der Waals surface area contributed by atoms with Gasteiger partial charge in [-0.1, -0.05) is 13.8 Å². The summed E-state index contributed by atoms with van der Waals surface area (Å²) in [4.78, 5) is 0. The fraction of sp³-hybridized carbons (Fsp3) is 0.500. The summed E-state index contributed by atoms with van der Waals surface area (Å²) >= 11 is 0. The van der Waals surface area contributed by atoms with E-state index in [0.717, 1.165) is 5.69 Å². The van der Waals surface area contributed by atoms with Gasteiger partial charge in [-0.05, 0) is 18.2 Å². The maximum atomic E-state index is 3.62. The Kier molecular flexibility index (Phi) is 4.59. The second kappa shape index (κ2) is 5.15. The highest BCUT2D eigenvalue weighted by Crippen LogP contribution is 1.79. The number of rotatable bonds is 0. The van der Waals surface area contributed by atoms with Gasteiger partial charge in [-0.3, -0.25) is 0 Å². The number of aryl methyl sites for hydroxylation is 1. The van der Waals surface area contributed by atoms with Crippen LogP contribution in [0.25, 0.3) is 0 Å². The molecule has 1 rings (SSSR count). The molecule has 0 spiro atoms. The van der Waals surface area contributed by atoms with E-state index in [1.165, 1.54) is 0 Å². The molecule has 0 bridgehead atoms. The molecule has 0 saturated heterocycles. The predicted octanol–water partition coefficient (Wildman–Crippen LogP) is 1.21. The molecule has 50 valence electrons. The molecule has 0 aliphatic carbocycles. The molecule has 1 heterocycles. The van der Waals surface area contributed by atoms with E-state index in [-0.39, 0.29) is 0 Å². The van der Waals surface area contributed by atoms with Crippen molar-refractivity contribution in [2.75, 3.05) is 0 Å². The van der Waals surface area contributed by atoms with Crippen molar-refractivity contribution < 1.29 is 0 Å². The molecule has 9 heavy (non-hydrogen) atoms. The topological polar surface area (TPSA) is 38.7 Å². The van der Waals surface area contributed by atoms with E-state index < -0.39 is 0 Å². The van der Waals surface area contributed by atoms with Gasteiger partial charge in [-0.15, -0.1) is 10.2 Å². The van der Waals surface area contributed by atoms with Crippen molar-refractivity contribution in [3.8, 4) is 0 Å². The first-order valence-corrected chi connectivity index (χ1v) is 3.00. The van der Waals surface area contributed by atoms with Crippen molar-refractivity contribution in [1.29, 1.82) is 0 Å². The Hall–Kier alpha value is -0.990. The quantitative estimate of drug-likeness (QED) is 0.523. The maximum Gasteiger partial charge on any atom is 0.0633 e. The molecule has 0 unspecified atom stereocenters. The Bertz CT molecular complexity index is 138. The van der Waals surface area contributed by atoms with Crippen molar-refractivity contribution in [2.45, 2.75) is 20.8 Å².